The molecule has 1 aliphatic rings. The largest absolute Gasteiger partial charge is 0.444 e. The number of ether oxygens (including phenoxy) is 1. The maximum atomic E-state index is 12.2. The highest BCUT2D eigenvalue weighted by molar-refractivity contribution is 9.10. The highest BCUT2D eigenvalue weighted by Gasteiger charge is 2.33. The third-order valence-electron chi connectivity index (χ3n) is 5.12. The average molecular weight is 635 g/mol. The predicted octanol–water partition coefficient (Wildman–Crippen LogP) is 5.06. The highest BCUT2D eigenvalue weighted by atomic mass is 79.9. The van der Waals surface area contributed by atoms with Crippen molar-refractivity contribution in [3.8, 4) is 11.3 Å². The third kappa shape index (κ3) is 14.6. The molecule has 1 atom stereocenters. The van der Waals surface area contributed by atoms with Crippen molar-refractivity contribution in [1.29, 1.82) is 0 Å². The Hall–Kier alpha value is -3.47. The summed E-state index contributed by atoms with van der Waals surface area (Å²) in [5.41, 5.74) is 0.881. The Kier molecular flexibility index (Phi) is 15.7. The molecule has 2 heterocycles. The molecule has 0 spiro atoms. The maximum absolute atomic E-state index is 12.2. The molecule has 0 bridgehead atoms. The molecule has 0 saturated carbocycles. The van der Waals surface area contributed by atoms with Gasteiger partial charge in [0.05, 0.1) is 4.47 Å². The number of carbonyl (C=O) groups is 3. The average Bonchev–Trinajstić information content (AvgIpc) is 3.37. The molecule has 1 unspecified atom stereocenters. The van der Waals surface area contributed by atoms with E-state index in [1.807, 2.05) is 30.3 Å². The number of nitrogens with zero attached hydrogens (tertiary/aromatic N) is 2. The van der Waals surface area contributed by atoms with Crippen LogP contribution in [0.5, 0.6) is 0 Å². The molecule has 1 fully saturated rings. The standard InChI is InChI=1S/C16H27N3O4.C10H7BrN2O.C4H10/c1-5-6-9-17-14(21)12-8-7-10-19(12)13(20)11-18-15(22)23-16(2,3)4;11-8-6-9(14)12-13-10(8)7-4-2-1-3-5-7;1-4(2)3/h5,12H,1,6-11H2,2-4H3,(H,17,21)(H,18,22);1-6H,(H,12,14);4H,1-3H3. The normalized spacial score (nSPS) is 14.1. The molecule has 1 aromatic carbocycles. The van der Waals surface area contributed by atoms with E-state index in [-0.39, 0.29) is 23.9 Å². The lowest BCUT2D eigenvalue weighted by atomic mass is 10.1. The second-order valence-electron chi connectivity index (χ2n) is 11.0. The maximum Gasteiger partial charge on any atom is 0.408 e. The number of H-pyrrole nitrogens is 1. The summed E-state index contributed by atoms with van der Waals surface area (Å²) in [4.78, 5) is 48.3. The minimum absolute atomic E-state index is 0.157. The van der Waals surface area contributed by atoms with Crippen molar-refractivity contribution in [3.63, 3.8) is 0 Å². The summed E-state index contributed by atoms with van der Waals surface area (Å²) < 4.78 is 5.78. The van der Waals surface area contributed by atoms with Crippen LogP contribution in [0.1, 0.15) is 60.8 Å². The zero-order valence-electron chi connectivity index (χ0n) is 25.0. The number of hydrogen-bond donors (Lipinski definition) is 3. The first-order valence-electron chi connectivity index (χ1n) is 13.7. The lowest BCUT2D eigenvalue weighted by Crippen LogP contribution is -2.49. The Balaban J connectivity index is 0.000000392. The lowest BCUT2D eigenvalue weighted by molar-refractivity contribution is -0.137. The van der Waals surface area contributed by atoms with Gasteiger partial charge in [0, 0.05) is 24.7 Å². The van der Waals surface area contributed by atoms with E-state index in [0.717, 1.165) is 23.6 Å². The number of rotatable bonds is 7. The number of hydrogen-bond acceptors (Lipinski definition) is 6. The van der Waals surface area contributed by atoms with E-state index >= 15 is 0 Å². The van der Waals surface area contributed by atoms with Gasteiger partial charge in [-0.15, -0.1) is 6.58 Å². The Bertz CT molecular complexity index is 1180. The third-order valence-corrected chi connectivity index (χ3v) is 5.72. The van der Waals surface area contributed by atoms with Crippen molar-refractivity contribution in [3.05, 3.63) is 63.9 Å². The van der Waals surface area contributed by atoms with E-state index in [4.69, 9.17) is 4.74 Å². The van der Waals surface area contributed by atoms with Crippen LogP contribution in [-0.2, 0) is 14.3 Å². The van der Waals surface area contributed by atoms with Gasteiger partial charge >= 0.3 is 6.09 Å². The van der Waals surface area contributed by atoms with Gasteiger partial charge in [-0.2, -0.15) is 5.10 Å². The first-order chi connectivity index (χ1) is 19.2. The molecule has 1 aromatic heterocycles. The molecule has 1 saturated heterocycles. The predicted molar refractivity (Wildman–Crippen MR) is 165 cm³/mol. The fourth-order valence-electron chi connectivity index (χ4n) is 3.50. The van der Waals surface area contributed by atoms with Crippen LogP contribution in [0.15, 0.2) is 58.3 Å². The number of halogens is 1. The molecule has 2 aromatic rings. The van der Waals surface area contributed by atoms with Crippen LogP contribution in [0.2, 0.25) is 0 Å². The summed E-state index contributed by atoms with van der Waals surface area (Å²) in [7, 11) is 0. The summed E-state index contributed by atoms with van der Waals surface area (Å²) >= 11 is 3.30. The first kappa shape index (κ1) is 35.6. The van der Waals surface area contributed by atoms with Crippen LogP contribution in [0.4, 0.5) is 4.79 Å². The fourth-order valence-corrected chi connectivity index (χ4v) is 4.02. The lowest BCUT2D eigenvalue weighted by Gasteiger charge is -2.24. The van der Waals surface area contributed by atoms with Crippen LogP contribution in [0.25, 0.3) is 11.3 Å². The SMILES string of the molecule is C=CCCNC(=O)C1CCCN1C(=O)CNC(=O)OC(C)(C)C.CC(C)C.O=c1cc(Br)c(-c2ccccc2)n[nH]1. The van der Waals surface area contributed by atoms with E-state index in [1.54, 1.807) is 26.8 Å². The van der Waals surface area contributed by atoms with Crippen molar-refractivity contribution in [2.24, 2.45) is 5.92 Å². The Morgan fingerprint density at radius 2 is 1.83 bits per heavy atom. The van der Waals surface area contributed by atoms with Gasteiger partial charge in [0.1, 0.15) is 23.9 Å². The van der Waals surface area contributed by atoms with Gasteiger partial charge in [-0.05, 0) is 61.9 Å². The number of aromatic nitrogens is 2. The minimum Gasteiger partial charge on any atom is -0.444 e. The number of alkyl carbamates (subject to hydrolysis) is 1. The van der Waals surface area contributed by atoms with E-state index in [1.165, 1.54) is 11.0 Å². The van der Waals surface area contributed by atoms with Gasteiger partial charge < -0.3 is 20.3 Å². The van der Waals surface area contributed by atoms with Gasteiger partial charge in [-0.1, -0.05) is 57.2 Å². The van der Waals surface area contributed by atoms with Crippen LogP contribution < -0.4 is 16.2 Å². The Morgan fingerprint density at radius 3 is 2.39 bits per heavy atom. The van der Waals surface area contributed by atoms with Crippen LogP contribution >= 0.6 is 15.9 Å². The molecule has 0 radical (unpaired) electrons. The first-order valence-corrected chi connectivity index (χ1v) is 14.5. The molecule has 3 N–H and O–H groups in total. The van der Waals surface area contributed by atoms with Gasteiger partial charge in [0.2, 0.25) is 11.8 Å². The molecule has 41 heavy (non-hydrogen) atoms. The molecule has 226 valence electrons. The van der Waals surface area contributed by atoms with E-state index in [9.17, 15) is 19.2 Å². The monoisotopic (exact) mass is 633 g/mol. The van der Waals surface area contributed by atoms with E-state index in [2.05, 4.69) is 64.1 Å². The number of aromatic amines is 1. The van der Waals surface area contributed by atoms with Crippen LogP contribution in [0.3, 0.4) is 0 Å². The molecule has 3 amide bonds. The molecular formula is C30H44BrN5O5. The second-order valence-corrected chi connectivity index (χ2v) is 11.9. The number of likely N-dealkylation sites (tertiary alicyclic amines) is 1. The molecule has 10 nitrogen and oxygen atoms in total. The second kappa shape index (κ2) is 18.1. The van der Waals surface area contributed by atoms with Crippen molar-refractivity contribution < 1.29 is 19.1 Å². The summed E-state index contributed by atoms with van der Waals surface area (Å²) in [6.07, 6.45) is 3.18. The highest BCUT2D eigenvalue weighted by Crippen LogP contribution is 2.23. The Labute approximate surface area is 251 Å². The zero-order chi connectivity index (χ0) is 31.0. The number of amides is 3. The van der Waals surface area contributed by atoms with Gasteiger partial charge in [-0.25, -0.2) is 9.89 Å². The molecule has 1 aliphatic heterocycles. The minimum atomic E-state index is -0.642. The van der Waals surface area contributed by atoms with Crippen molar-refractivity contribution in [2.75, 3.05) is 19.6 Å². The van der Waals surface area contributed by atoms with Gasteiger partial charge in [-0.3, -0.25) is 14.4 Å². The summed E-state index contributed by atoms with van der Waals surface area (Å²) in [5.74, 6) is 0.396. The summed E-state index contributed by atoms with van der Waals surface area (Å²) in [6, 6.07) is 10.7. The zero-order valence-corrected chi connectivity index (χ0v) is 26.5. The van der Waals surface area contributed by atoms with Crippen molar-refractivity contribution >= 4 is 33.8 Å². The molecular weight excluding hydrogens is 590 g/mol. The van der Waals surface area contributed by atoms with E-state index in [0.29, 0.717) is 30.4 Å². The van der Waals surface area contributed by atoms with Gasteiger partial charge in [0.15, 0.2) is 0 Å². The molecule has 11 heteroatoms. The number of nitrogens with one attached hydrogen (secondary N) is 3. The topological polar surface area (TPSA) is 133 Å². The van der Waals surface area contributed by atoms with Crippen LogP contribution in [0, 0.1) is 5.92 Å². The van der Waals surface area contributed by atoms with Crippen molar-refractivity contribution in [1.82, 2.24) is 25.7 Å². The fraction of sp³-hybridized carbons (Fsp3) is 0.500. The number of benzene rings is 1. The smallest absolute Gasteiger partial charge is 0.408 e. The number of carbonyl (C=O) groups excluding carboxylic acids is 3. The van der Waals surface area contributed by atoms with Crippen LogP contribution in [-0.4, -0.2) is 64.3 Å². The summed E-state index contributed by atoms with van der Waals surface area (Å²) in [5, 5.41) is 11.6. The molecule has 0 aliphatic carbocycles. The Morgan fingerprint density at radius 1 is 1.20 bits per heavy atom. The molecule has 3 rings (SSSR count). The van der Waals surface area contributed by atoms with E-state index < -0.39 is 17.7 Å². The quantitative estimate of drug-likeness (QED) is 0.288. The van der Waals surface area contributed by atoms with Gasteiger partial charge in [0.25, 0.3) is 5.56 Å². The summed E-state index contributed by atoms with van der Waals surface area (Å²) in [6.45, 7) is 16.2. The van der Waals surface area contributed by atoms with Crippen molar-refractivity contribution in [2.45, 2.75) is 72.4 Å².